The van der Waals surface area contributed by atoms with E-state index in [-0.39, 0.29) is 11.7 Å². The zero-order chi connectivity index (χ0) is 18.8. The van der Waals surface area contributed by atoms with Crippen LogP contribution in [0.3, 0.4) is 0 Å². The molecule has 6 nitrogen and oxygen atoms in total. The fraction of sp³-hybridized carbons (Fsp3) is 0.400. The molecule has 0 saturated heterocycles. The minimum atomic E-state index is -1.41. The normalized spacial score (nSPS) is 15.0. The van der Waals surface area contributed by atoms with Gasteiger partial charge in [0.15, 0.2) is 5.56 Å². The van der Waals surface area contributed by atoms with Gasteiger partial charge in [-0.15, -0.1) is 0 Å². The lowest BCUT2D eigenvalue weighted by atomic mass is 9.81. The summed E-state index contributed by atoms with van der Waals surface area (Å²) in [6, 6.07) is 7.63. The fourth-order valence-electron chi connectivity index (χ4n) is 3.75. The Labute approximate surface area is 152 Å². The Kier molecular flexibility index (Phi) is 5.02. The van der Waals surface area contributed by atoms with Crippen molar-refractivity contribution in [3.63, 3.8) is 0 Å². The molecule has 6 heteroatoms. The van der Waals surface area contributed by atoms with Gasteiger partial charge in [0.2, 0.25) is 0 Å². The molecule has 0 radical (unpaired) electrons. The maximum Gasteiger partial charge on any atom is 0.345 e. The summed E-state index contributed by atoms with van der Waals surface area (Å²) in [7, 11) is 3.88. The van der Waals surface area contributed by atoms with Crippen molar-refractivity contribution in [2.45, 2.75) is 38.0 Å². The zero-order valence-corrected chi connectivity index (χ0v) is 15.1. The van der Waals surface area contributed by atoms with E-state index < -0.39 is 17.1 Å². The Hall–Kier alpha value is -2.76. The van der Waals surface area contributed by atoms with Gasteiger partial charge in [0.1, 0.15) is 5.75 Å². The minimum Gasteiger partial charge on any atom is -0.506 e. The number of benzene rings is 1. The molecule has 138 valence electrons. The maximum absolute atomic E-state index is 12.3. The van der Waals surface area contributed by atoms with Crippen LogP contribution < -0.4 is 10.5 Å². The fourth-order valence-corrected chi connectivity index (χ4v) is 3.75. The third-order valence-corrected chi connectivity index (χ3v) is 5.13. The summed E-state index contributed by atoms with van der Waals surface area (Å²) in [6.45, 7) is 0. The van der Waals surface area contributed by atoms with Crippen LogP contribution in [0.2, 0.25) is 0 Å². The number of nitrogens with zero attached hydrogens (tertiary/aromatic N) is 1. The molecule has 1 fully saturated rings. The van der Waals surface area contributed by atoms with Crippen molar-refractivity contribution in [2.24, 2.45) is 0 Å². The first kappa shape index (κ1) is 18.0. The molecule has 0 spiro atoms. The van der Waals surface area contributed by atoms with Gasteiger partial charge in [-0.3, -0.25) is 4.79 Å². The van der Waals surface area contributed by atoms with Crippen LogP contribution in [-0.4, -0.2) is 35.3 Å². The van der Waals surface area contributed by atoms with Crippen molar-refractivity contribution in [3.05, 3.63) is 45.7 Å². The number of anilines is 1. The molecule has 1 saturated carbocycles. The molecular formula is C20H24N2O4. The molecule has 0 amide bonds. The van der Waals surface area contributed by atoms with Crippen LogP contribution in [0.4, 0.5) is 5.69 Å². The van der Waals surface area contributed by atoms with E-state index in [0.717, 1.165) is 43.4 Å². The first-order valence-corrected chi connectivity index (χ1v) is 8.90. The second-order valence-corrected chi connectivity index (χ2v) is 7.05. The molecule has 0 bridgehead atoms. The van der Waals surface area contributed by atoms with E-state index in [9.17, 15) is 19.8 Å². The summed E-state index contributed by atoms with van der Waals surface area (Å²) in [5, 5.41) is 20.0. The summed E-state index contributed by atoms with van der Waals surface area (Å²) in [5.41, 5.74) is 1.51. The van der Waals surface area contributed by atoms with E-state index >= 15 is 0 Å². The van der Waals surface area contributed by atoms with E-state index in [1.807, 2.05) is 43.3 Å². The Morgan fingerprint density at radius 2 is 1.73 bits per heavy atom. The van der Waals surface area contributed by atoms with Crippen molar-refractivity contribution < 1.29 is 15.0 Å². The van der Waals surface area contributed by atoms with Gasteiger partial charge in [-0.2, -0.15) is 0 Å². The number of nitrogens with one attached hydrogen (secondary N) is 1. The molecule has 1 aromatic carbocycles. The topological polar surface area (TPSA) is 93.6 Å². The molecule has 26 heavy (non-hydrogen) atoms. The average Bonchev–Trinajstić information content (AvgIpc) is 2.61. The number of H-pyrrole nitrogens is 1. The molecule has 1 aliphatic carbocycles. The summed E-state index contributed by atoms with van der Waals surface area (Å²) in [5.74, 6) is -1.75. The standard InChI is InChI=1S/C20H24N2O4/c1-22(2)14-10-8-13(9-11-14)17-15(12-6-4-3-5-7-12)18(23)16(20(25)26)19(24)21-17/h8-12H,3-7H2,1-2H3,(H,25,26)(H2,21,23,24). The Morgan fingerprint density at radius 1 is 1.12 bits per heavy atom. The van der Waals surface area contributed by atoms with Crippen molar-refractivity contribution in [1.29, 1.82) is 0 Å². The number of hydrogen-bond donors (Lipinski definition) is 3. The quantitative estimate of drug-likeness (QED) is 0.779. The van der Waals surface area contributed by atoms with E-state index in [2.05, 4.69) is 4.98 Å². The SMILES string of the molecule is CN(C)c1ccc(-c2[nH]c(=O)c(C(=O)O)c(O)c2C2CCCCC2)cc1. The highest BCUT2D eigenvalue weighted by molar-refractivity contribution is 5.92. The van der Waals surface area contributed by atoms with Gasteiger partial charge in [0.25, 0.3) is 5.56 Å². The third kappa shape index (κ3) is 3.31. The Bertz CT molecular complexity index is 863. The first-order chi connectivity index (χ1) is 12.4. The smallest absolute Gasteiger partial charge is 0.345 e. The summed E-state index contributed by atoms with van der Waals surface area (Å²) in [6.07, 6.45) is 4.96. The van der Waals surface area contributed by atoms with Gasteiger partial charge in [0.05, 0.1) is 5.69 Å². The van der Waals surface area contributed by atoms with Crippen molar-refractivity contribution in [3.8, 4) is 17.0 Å². The number of rotatable bonds is 4. The number of aromatic carboxylic acids is 1. The van der Waals surface area contributed by atoms with Gasteiger partial charge >= 0.3 is 5.97 Å². The molecule has 1 heterocycles. The van der Waals surface area contributed by atoms with Crippen LogP contribution in [0.1, 0.15) is 53.9 Å². The number of aromatic amines is 1. The lowest BCUT2D eigenvalue weighted by Gasteiger charge is -2.25. The number of carbonyl (C=O) groups is 1. The van der Waals surface area contributed by atoms with E-state index in [4.69, 9.17) is 0 Å². The van der Waals surface area contributed by atoms with Gasteiger partial charge in [-0.25, -0.2) is 4.79 Å². The van der Waals surface area contributed by atoms with Crippen LogP contribution in [0.5, 0.6) is 5.75 Å². The summed E-state index contributed by atoms with van der Waals surface area (Å²) >= 11 is 0. The minimum absolute atomic E-state index is 0.0437. The van der Waals surface area contributed by atoms with Crippen LogP contribution in [0.15, 0.2) is 29.1 Å². The van der Waals surface area contributed by atoms with Gasteiger partial charge in [-0.1, -0.05) is 31.4 Å². The Morgan fingerprint density at radius 3 is 2.27 bits per heavy atom. The van der Waals surface area contributed by atoms with Gasteiger partial charge < -0.3 is 20.1 Å². The van der Waals surface area contributed by atoms with Crippen molar-refractivity contribution >= 4 is 11.7 Å². The molecule has 0 aliphatic heterocycles. The lowest BCUT2D eigenvalue weighted by molar-refractivity contribution is 0.0691. The molecule has 0 unspecified atom stereocenters. The van der Waals surface area contributed by atoms with Crippen LogP contribution in [0.25, 0.3) is 11.3 Å². The number of hydrogen-bond acceptors (Lipinski definition) is 4. The summed E-state index contributed by atoms with van der Waals surface area (Å²) in [4.78, 5) is 28.4. The Balaban J connectivity index is 2.19. The molecular weight excluding hydrogens is 332 g/mol. The zero-order valence-electron chi connectivity index (χ0n) is 15.1. The van der Waals surface area contributed by atoms with Gasteiger partial charge in [0, 0.05) is 25.3 Å². The second kappa shape index (κ2) is 7.23. The predicted molar refractivity (Wildman–Crippen MR) is 101 cm³/mol. The molecule has 1 aliphatic rings. The number of carboxylic acid groups (broad SMARTS) is 1. The van der Waals surface area contributed by atoms with Crippen LogP contribution in [0, 0.1) is 0 Å². The highest BCUT2D eigenvalue weighted by atomic mass is 16.4. The van der Waals surface area contributed by atoms with Crippen molar-refractivity contribution in [2.75, 3.05) is 19.0 Å². The predicted octanol–water partition coefficient (Wildman–Crippen LogP) is 3.56. The molecule has 3 N–H and O–H groups in total. The van der Waals surface area contributed by atoms with E-state index in [0.29, 0.717) is 11.3 Å². The molecule has 1 aromatic heterocycles. The number of aromatic hydroxyl groups is 1. The number of carboxylic acids is 1. The number of aromatic nitrogens is 1. The monoisotopic (exact) mass is 356 g/mol. The number of pyridine rings is 1. The average molecular weight is 356 g/mol. The molecule has 0 atom stereocenters. The largest absolute Gasteiger partial charge is 0.506 e. The lowest BCUT2D eigenvalue weighted by Crippen LogP contribution is -2.21. The highest BCUT2D eigenvalue weighted by Gasteiger charge is 2.28. The van der Waals surface area contributed by atoms with Gasteiger partial charge in [-0.05, 0) is 36.5 Å². The summed E-state index contributed by atoms with van der Waals surface area (Å²) < 4.78 is 0. The first-order valence-electron chi connectivity index (χ1n) is 8.90. The molecule has 3 rings (SSSR count). The van der Waals surface area contributed by atoms with Crippen LogP contribution in [-0.2, 0) is 0 Å². The highest BCUT2D eigenvalue weighted by Crippen LogP contribution is 2.42. The van der Waals surface area contributed by atoms with Crippen molar-refractivity contribution in [1.82, 2.24) is 4.98 Å². The van der Waals surface area contributed by atoms with E-state index in [1.165, 1.54) is 0 Å². The maximum atomic E-state index is 12.3. The third-order valence-electron chi connectivity index (χ3n) is 5.13. The van der Waals surface area contributed by atoms with E-state index in [1.54, 1.807) is 0 Å². The molecule has 2 aromatic rings. The second-order valence-electron chi connectivity index (χ2n) is 7.05. The van der Waals surface area contributed by atoms with Crippen LogP contribution >= 0.6 is 0 Å².